The lowest BCUT2D eigenvalue weighted by atomic mass is 10.2. The van der Waals surface area contributed by atoms with Crippen molar-refractivity contribution in [2.24, 2.45) is 5.92 Å². The molecular weight excluding hydrogens is 268 g/mol. The third-order valence-electron chi connectivity index (χ3n) is 2.75. The van der Waals surface area contributed by atoms with Gasteiger partial charge < -0.3 is 10.6 Å². The Balaban J connectivity index is 2.29. The van der Waals surface area contributed by atoms with Crippen molar-refractivity contribution >= 4 is 17.7 Å². The number of hydrogen-bond acceptors (Lipinski definition) is 3. The van der Waals surface area contributed by atoms with E-state index < -0.39 is 0 Å². The largest absolute Gasteiger partial charge is 0.355 e. The van der Waals surface area contributed by atoms with Crippen LogP contribution in [-0.2, 0) is 11.3 Å². The second-order valence-electron chi connectivity index (χ2n) is 5.31. The van der Waals surface area contributed by atoms with Crippen molar-refractivity contribution in [2.45, 2.75) is 38.6 Å². The lowest BCUT2D eigenvalue weighted by Gasteiger charge is -2.08. The molecule has 0 aliphatic heterocycles. The van der Waals surface area contributed by atoms with Crippen LogP contribution in [0.25, 0.3) is 0 Å². The van der Waals surface area contributed by atoms with Gasteiger partial charge in [0, 0.05) is 18.0 Å². The van der Waals surface area contributed by atoms with Gasteiger partial charge in [0.25, 0.3) is 0 Å². The Hall–Kier alpha value is -1.00. The molecule has 2 N–H and O–H groups in total. The van der Waals surface area contributed by atoms with Gasteiger partial charge in [0.1, 0.15) is 0 Å². The topological polar surface area (TPSA) is 41.1 Å². The predicted molar refractivity (Wildman–Crippen MR) is 87.0 cm³/mol. The van der Waals surface area contributed by atoms with Gasteiger partial charge in [0.05, 0.1) is 5.75 Å². The van der Waals surface area contributed by atoms with Crippen LogP contribution in [0, 0.1) is 5.92 Å². The Bertz CT molecular complexity index is 390. The number of benzene rings is 1. The summed E-state index contributed by atoms with van der Waals surface area (Å²) >= 11 is 1.58. The van der Waals surface area contributed by atoms with E-state index in [2.05, 4.69) is 55.7 Å². The van der Waals surface area contributed by atoms with E-state index >= 15 is 0 Å². The molecule has 0 radical (unpaired) electrons. The molecule has 3 nitrogen and oxygen atoms in total. The van der Waals surface area contributed by atoms with Crippen LogP contribution < -0.4 is 10.6 Å². The summed E-state index contributed by atoms with van der Waals surface area (Å²) in [5.74, 6) is 1.27. The fourth-order valence-electron chi connectivity index (χ4n) is 1.67. The summed E-state index contributed by atoms with van der Waals surface area (Å²) < 4.78 is 0. The van der Waals surface area contributed by atoms with Crippen LogP contribution in [0.2, 0.25) is 0 Å². The van der Waals surface area contributed by atoms with Crippen molar-refractivity contribution in [3.8, 4) is 0 Å². The fourth-order valence-corrected chi connectivity index (χ4v) is 2.40. The zero-order chi connectivity index (χ0) is 14.8. The molecule has 4 heteroatoms. The standard InChI is InChI=1S/C16H26N2OS/c1-4-9-18-16(19)12-20-15-7-5-14(6-8-15)11-17-10-13(2)3/h5-8,13,17H,4,9-12H2,1-3H3,(H,18,19). The maximum atomic E-state index is 11.5. The molecule has 0 saturated carbocycles. The molecule has 1 aromatic carbocycles. The third kappa shape index (κ3) is 7.56. The molecule has 0 spiro atoms. The number of thioether (sulfide) groups is 1. The molecule has 1 rings (SSSR count). The number of hydrogen-bond donors (Lipinski definition) is 2. The van der Waals surface area contributed by atoms with Crippen LogP contribution >= 0.6 is 11.8 Å². The van der Waals surface area contributed by atoms with E-state index in [0.717, 1.165) is 31.0 Å². The summed E-state index contributed by atoms with van der Waals surface area (Å²) in [5, 5.41) is 6.31. The van der Waals surface area contributed by atoms with Gasteiger partial charge in [-0.05, 0) is 36.6 Å². The number of nitrogens with one attached hydrogen (secondary N) is 2. The molecule has 0 aliphatic rings. The van der Waals surface area contributed by atoms with Gasteiger partial charge in [0.15, 0.2) is 0 Å². The number of carbonyl (C=O) groups excluding carboxylic acids is 1. The molecule has 0 bridgehead atoms. The minimum Gasteiger partial charge on any atom is -0.355 e. The Labute approximate surface area is 126 Å². The molecule has 0 fully saturated rings. The Morgan fingerprint density at radius 1 is 1.25 bits per heavy atom. The lowest BCUT2D eigenvalue weighted by Crippen LogP contribution is -2.25. The summed E-state index contributed by atoms with van der Waals surface area (Å²) in [6.45, 7) is 9.17. The average Bonchev–Trinajstić information content (AvgIpc) is 2.44. The highest BCUT2D eigenvalue weighted by Gasteiger charge is 2.02. The molecule has 0 atom stereocenters. The molecule has 0 aromatic heterocycles. The van der Waals surface area contributed by atoms with Gasteiger partial charge >= 0.3 is 0 Å². The third-order valence-corrected chi connectivity index (χ3v) is 3.76. The Kier molecular flexibility index (Phi) is 8.38. The molecule has 20 heavy (non-hydrogen) atoms. The molecule has 0 saturated heterocycles. The van der Waals surface area contributed by atoms with Crippen molar-refractivity contribution in [1.29, 1.82) is 0 Å². The summed E-state index contributed by atoms with van der Waals surface area (Å²) in [7, 11) is 0. The van der Waals surface area contributed by atoms with Crippen LogP contribution in [0.5, 0.6) is 0 Å². The minimum atomic E-state index is 0.111. The first kappa shape index (κ1) is 17.1. The minimum absolute atomic E-state index is 0.111. The number of rotatable bonds is 9. The van der Waals surface area contributed by atoms with Gasteiger partial charge in [-0.25, -0.2) is 0 Å². The first-order valence-electron chi connectivity index (χ1n) is 7.31. The van der Waals surface area contributed by atoms with Gasteiger partial charge in [0.2, 0.25) is 5.91 Å². The Morgan fingerprint density at radius 2 is 1.95 bits per heavy atom. The van der Waals surface area contributed by atoms with Gasteiger partial charge in [-0.3, -0.25) is 4.79 Å². The highest BCUT2D eigenvalue weighted by molar-refractivity contribution is 8.00. The molecule has 0 unspecified atom stereocenters. The smallest absolute Gasteiger partial charge is 0.230 e. The van der Waals surface area contributed by atoms with Crippen molar-refractivity contribution in [3.05, 3.63) is 29.8 Å². The van der Waals surface area contributed by atoms with Crippen LogP contribution in [0.1, 0.15) is 32.8 Å². The van der Waals surface area contributed by atoms with Crippen molar-refractivity contribution in [2.75, 3.05) is 18.8 Å². The van der Waals surface area contributed by atoms with Crippen molar-refractivity contribution in [3.63, 3.8) is 0 Å². The second-order valence-corrected chi connectivity index (χ2v) is 6.36. The number of amides is 1. The van der Waals surface area contributed by atoms with Crippen LogP contribution in [-0.4, -0.2) is 24.7 Å². The molecular formula is C16H26N2OS. The predicted octanol–water partition coefficient (Wildman–Crippen LogP) is 3.05. The first-order chi connectivity index (χ1) is 9.61. The van der Waals surface area contributed by atoms with Gasteiger partial charge in [-0.1, -0.05) is 32.9 Å². The van der Waals surface area contributed by atoms with E-state index in [4.69, 9.17) is 0 Å². The summed E-state index contributed by atoms with van der Waals surface area (Å²) in [6, 6.07) is 8.42. The van der Waals surface area contributed by atoms with E-state index in [9.17, 15) is 4.79 Å². The highest BCUT2D eigenvalue weighted by Crippen LogP contribution is 2.18. The van der Waals surface area contributed by atoms with E-state index in [0.29, 0.717) is 11.7 Å². The monoisotopic (exact) mass is 294 g/mol. The second kappa shape index (κ2) is 9.83. The lowest BCUT2D eigenvalue weighted by molar-refractivity contribution is -0.118. The molecule has 1 amide bonds. The van der Waals surface area contributed by atoms with Crippen LogP contribution in [0.15, 0.2) is 29.2 Å². The fraction of sp³-hybridized carbons (Fsp3) is 0.562. The summed E-state index contributed by atoms with van der Waals surface area (Å²) in [6.07, 6.45) is 0.981. The van der Waals surface area contributed by atoms with E-state index in [1.807, 2.05) is 0 Å². The molecule has 112 valence electrons. The van der Waals surface area contributed by atoms with E-state index in [1.165, 1.54) is 5.56 Å². The maximum Gasteiger partial charge on any atom is 0.230 e. The SMILES string of the molecule is CCCNC(=O)CSc1ccc(CNCC(C)C)cc1. The molecule has 0 heterocycles. The molecule has 1 aromatic rings. The quantitative estimate of drug-likeness (QED) is 0.688. The summed E-state index contributed by atoms with van der Waals surface area (Å²) in [5.41, 5.74) is 1.28. The first-order valence-corrected chi connectivity index (χ1v) is 8.29. The molecule has 0 aliphatic carbocycles. The highest BCUT2D eigenvalue weighted by atomic mass is 32.2. The van der Waals surface area contributed by atoms with Crippen molar-refractivity contribution in [1.82, 2.24) is 10.6 Å². The van der Waals surface area contributed by atoms with Gasteiger partial charge in [-0.2, -0.15) is 0 Å². The van der Waals surface area contributed by atoms with Crippen molar-refractivity contribution < 1.29 is 4.79 Å². The maximum absolute atomic E-state index is 11.5. The normalized spacial score (nSPS) is 10.8. The zero-order valence-corrected chi connectivity index (χ0v) is 13.6. The average molecular weight is 294 g/mol. The van der Waals surface area contributed by atoms with E-state index in [1.54, 1.807) is 11.8 Å². The zero-order valence-electron chi connectivity index (χ0n) is 12.7. The summed E-state index contributed by atoms with van der Waals surface area (Å²) in [4.78, 5) is 12.6. The Morgan fingerprint density at radius 3 is 2.55 bits per heavy atom. The number of carbonyl (C=O) groups is 1. The van der Waals surface area contributed by atoms with Crippen LogP contribution in [0.4, 0.5) is 0 Å². The van der Waals surface area contributed by atoms with E-state index in [-0.39, 0.29) is 5.91 Å². The van der Waals surface area contributed by atoms with Gasteiger partial charge in [-0.15, -0.1) is 11.8 Å². The van der Waals surface area contributed by atoms with Crippen LogP contribution in [0.3, 0.4) is 0 Å².